The van der Waals surface area contributed by atoms with Crippen LogP contribution in [0.4, 0.5) is 10.5 Å². The molecule has 3 aromatic carbocycles. The van der Waals surface area contributed by atoms with Gasteiger partial charge in [-0.2, -0.15) is 0 Å². The molecule has 2 aliphatic rings. The van der Waals surface area contributed by atoms with Crippen molar-refractivity contribution in [1.82, 2.24) is 15.5 Å². The van der Waals surface area contributed by atoms with Crippen LogP contribution in [0.25, 0.3) is 11.1 Å². The summed E-state index contributed by atoms with van der Waals surface area (Å²) in [5.74, 6) is 0.931. The van der Waals surface area contributed by atoms with Crippen molar-refractivity contribution in [2.45, 2.75) is 57.1 Å². The van der Waals surface area contributed by atoms with E-state index in [1.807, 2.05) is 60.7 Å². The van der Waals surface area contributed by atoms with Gasteiger partial charge in [0.05, 0.1) is 11.7 Å². The number of ether oxygens (including phenoxy) is 3. The molecule has 3 N–H and O–H groups in total. The van der Waals surface area contributed by atoms with Gasteiger partial charge < -0.3 is 29.7 Å². The van der Waals surface area contributed by atoms with Gasteiger partial charge in [0.2, 0.25) is 12.7 Å². The van der Waals surface area contributed by atoms with E-state index >= 15 is 0 Å². The van der Waals surface area contributed by atoms with Crippen LogP contribution in [0.2, 0.25) is 0 Å². The lowest BCUT2D eigenvalue weighted by Gasteiger charge is -2.31. The number of nitrogens with zero attached hydrogens (tertiary/aromatic N) is 1. The minimum absolute atomic E-state index is 0.0841. The monoisotopic (exact) mass is 626 g/mol. The summed E-state index contributed by atoms with van der Waals surface area (Å²) in [6.45, 7) is 4.15. The molecule has 5 rings (SSSR count). The smallest absolute Gasteiger partial charge is 0.411 e. The van der Waals surface area contributed by atoms with Crippen LogP contribution in [0.1, 0.15) is 44.1 Å². The van der Waals surface area contributed by atoms with Crippen molar-refractivity contribution < 1.29 is 23.8 Å². The minimum atomic E-state index is -0.432. The third kappa shape index (κ3) is 10.6. The molecule has 3 aromatic rings. The van der Waals surface area contributed by atoms with Crippen LogP contribution >= 0.6 is 0 Å². The van der Waals surface area contributed by atoms with E-state index in [4.69, 9.17) is 14.2 Å². The maximum Gasteiger partial charge on any atom is 0.411 e. The van der Waals surface area contributed by atoms with Crippen LogP contribution < -0.4 is 16.0 Å². The van der Waals surface area contributed by atoms with Crippen molar-refractivity contribution in [2.24, 2.45) is 0 Å². The molecule has 9 nitrogen and oxygen atoms in total. The fourth-order valence-electron chi connectivity index (χ4n) is 5.84. The third-order valence-electron chi connectivity index (χ3n) is 8.40. The molecule has 0 spiro atoms. The molecule has 1 unspecified atom stereocenters. The quantitative estimate of drug-likeness (QED) is 0.166. The second kappa shape index (κ2) is 18.0. The largest absolute Gasteiger partial charge is 0.462 e. The number of carbonyl (C=O) groups excluding carboxylic acids is 2. The maximum absolute atomic E-state index is 12.7. The van der Waals surface area contributed by atoms with Gasteiger partial charge in [-0.3, -0.25) is 10.1 Å². The molecule has 0 aliphatic carbocycles. The number of hydrogen-bond donors (Lipinski definition) is 3. The number of likely N-dealkylation sites (tertiary alicyclic amines) is 1. The van der Waals surface area contributed by atoms with E-state index in [0.29, 0.717) is 19.5 Å². The van der Waals surface area contributed by atoms with Crippen LogP contribution in [0.3, 0.4) is 0 Å². The van der Waals surface area contributed by atoms with E-state index in [9.17, 15) is 9.59 Å². The fourth-order valence-corrected chi connectivity index (χ4v) is 5.84. The first-order valence-electron chi connectivity index (χ1n) is 16.5. The average Bonchev–Trinajstić information content (AvgIpc) is 3.63. The average molecular weight is 627 g/mol. The molecule has 244 valence electrons. The van der Waals surface area contributed by atoms with Gasteiger partial charge in [0, 0.05) is 38.2 Å². The van der Waals surface area contributed by atoms with Gasteiger partial charge in [0.25, 0.3) is 0 Å². The Kier molecular flexibility index (Phi) is 12.9. The SMILES string of the molecule is O=C(CCN1CCC(OC(=O)Nc2ccccc2-c2ccccc2)CC1)NCCCCCNC(Cc1ccccc1)C1=COCO1. The molecule has 1 saturated heterocycles. The number of carbonyl (C=O) groups is 2. The molecule has 0 radical (unpaired) electrons. The van der Waals surface area contributed by atoms with Gasteiger partial charge in [-0.1, -0.05) is 85.3 Å². The second-order valence-electron chi connectivity index (χ2n) is 11.8. The Hall–Kier alpha value is -4.34. The molecule has 0 aromatic heterocycles. The summed E-state index contributed by atoms with van der Waals surface area (Å²) < 4.78 is 16.7. The minimum Gasteiger partial charge on any atom is -0.462 e. The van der Waals surface area contributed by atoms with E-state index in [0.717, 1.165) is 80.7 Å². The predicted octanol–water partition coefficient (Wildman–Crippen LogP) is 6.09. The number of benzene rings is 3. The zero-order chi connectivity index (χ0) is 31.8. The highest BCUT2D eigenvalue weighted by molar-refractivity contribution is 5.91. The number of para-hydroxylation sites is 1. The van der Waals surface area contributed by atoms with Crippen molar-refractivity contribution in [2.75, 3.05) is 44.8 Å². The Bertz CT molecular complexity index is 1390. The van der Waals surface area contributed by atoms with Crippen LogP contribution in [-0.2, 0) is 25.4 Å². The van der Waals surface area contributed by atoms with E-state index < -0.39 is 6.09 Å². The number of nitrogens with one attached hydrogen (secondary N) is 3. The molecular weight excluding hydrogens is 580 g/mol. The number of piperidine rings is 1. The molecule has 0 saturated carbocycles. The first-order chi connectivity index (χ1) is 22.6. The predicted molar refractivity (Wildman–Crippen MR) is 180 cm³/mol. The van der Waals surface area contributed by atoms with Gasteiger partial charge in [-0.15, -0.1) is 0 Å². The van der Waals surface area contributed by atoms with E-state index in [-0.39, 0.29) is 24.8 Å². The molecule has 1 atom stereocenters. The van der Waals surface area contributed by atoms with E-state index in [1.54, 1.807) is 6.26 Å². The van der Waals surface area contributed by atoms with Gasteiger partial charge in [0.15, 0.2) is 5.76 Å². The Labute approximate surface area is 272 Å². The molecule has 9 heteroatoms. The summed E-state index contributed by atoms with van der Waals surface area (Å²) in [4.78, 5) is 27.4. The molecule has 1 fully saturated rings. The number of anilines is 1. The molecule has 46 heavy (non-hydrogen) atoms. The van der Waals surface area contributed by atoms with Crippen LogP contribution in [0, 0.1) is 0 Å². The van der Waals surface area contributed by atoms with Gasteiger partial charge in [0.1, 0.15) is 12.4 Å². The molecule has 2 amide bonds. The number of hydrogen-bond acceptors (Lipinski definition) is 7. The van der Waals surface area contributed by atoms with Gasteiger partial charge in [-0.05, 0) is 55.8 Å². The van der Waals surface area contributed by atoms with Crippen LogP contribution in [0.15, 0.2) is 97.0 Å². The number of rotatable bonds is 16. The summed E-state index contributed by atoms with van der Waals surface area (Å²) in [6, 6.07) is 28.2. The first-order valence-corrected chi connectivity index (χ1v) is 16.5. The Balaban J connectivity index is 0.907. The van der Waals surface area contributed by atoms with Crippen LogP contribution in [0.5, 0.6) is 0 Å². The first kappa shape index (κ1) is 33.0. The Morgan fingerprint density at radius 3 is 2.35 bits per heavy atom. The van der Waals surface area contributed by atoms with Gasteiger partial charge in [-0.25, -0.2) is 4.79 Å². The lowest BCUT2D eigenvalue weighted by Crippen LogP contribution is -2.40. The highest BCUT2D eigenvalue weighted by Gasteiger charge is 2.23. The molecule has 0 bridgehead atoms. The lowest BCUT2D eigenvalue weighted by atomic mass is 10.0. The summed E-state index contributed by atoms with van der Waals surface area (Å²) in [6.07, 6.45) is 6.96. The fraction of sp³-hybridized carbons (Fsp3) is 0.405. The Morgan fingerprint density at radius 1 is 0.870 bits per heavy atom. The third-order valence-corrected chi connectivity index (χ3v) is 8.40. The Morgan fingerprint density at radius 2 is 1.59 bits per heavy atom. The van der Waals surface area contributed by atoms with Gasteiger partial charge >= 0.3 is 6.09 Å². The van der Waals surface area contributed by atoms with Crippen molar-refractivity contribution in [1.29, 1.82) is 0 Å². The second-order valence-corrected chi connectivity index (χ2v) is 11.8. The number of unbranched alkanes of at least 4 members (excludes halogenated alkanes) is 2. The summed E-state index contributed by atoms with van der Waals surface area (Å²) in [7, 11) is 0. The van der Waals surface area contributed by atoms with Crippen molar-refractivity contribution >= 4 is 17.7 Å². The topological polar surface area (TPSA) is 101 Å². The molecular formula is C37H46N4O5. The highest BCUT2D eigenvalue weighted by atomic mass is 16.7. The van der Waals surface area contributed by atoms with Crippen molar-refractivity contribution in [3.63, 3.8) is 0 Å². The zero-order valence-electron chi connectivity index (χ0n) is 26.5. The van der Waals surface area contributed by atoms with E-state index in [2.05, 4.69) is 45.1 Å². The molecule has 2 aliphatic heterocycles. The van der Waals surface area contributed by atoms with E-state index in [1.165, 1.54) is 5.56 Å². The highest BCUT2D eigenvalue weighted by Crippen LogP contribution is 2.28. The van der Waals surface area contributed by atoms with Crippen molar-refractivity contribution in [3.05, 3.63) is 103 Å². The standard InChI is InChI=1S/C37H46N4O5/c42-36(39-22-11-3-10-21-38-34(35-27-44-28-45-35)26-29-12-4-1-5-13-29)20-25-41-23-18-31(19-24-41)46-37(43)40-33-17-9-8-16-32(33)30-14-6-2-7-15-30/h1-2,4-9,12-17,27,31,34,38H,3,10-11,18-26,28H2,(H,39,42)(H,40,43). The maximum atomic E-state index is 12.7. The van der Waals surface area contributed by atoms with Crippen molar-refractivity contribution in [3.8, 4) is 11.1 Å². The zero-order valence-corrected chi connectivity index (χ0v) is 26.5. The van der Waals surface area contributed by atoms with Crippen LogP contribution in [-0.4, -0.2) is 68.6 Å². The summed E-state index contributed by atoms with van der Waals surface area (Å²) in [5, 5.41) is 9.59. The molecule has 2 heterocycles. The normalized spacial score (nSPS) is 15.7. The summed E-state index contributed by atoms with van der Waals surface area (Å²) >= 11 is 0. The lowest BCUT2D eigenvalue weighted by molar-refractivity contribution is -0.121. The number of amides is 2. The summed E-state index contributed by atoms with van der Waals surface area (Å²) in [5.41, 5.74) is 3.97.